The minimum atomic E-state index is -1.26. The summed E-state index contributed by atoms with van der Waals surface area (Å²) < 4.78 is 0. The zero-order valence-electron chi connectivity index (χ0n) is 14.1. The molecule has 4 N–H and O–H groups in total. The maximum Gasteiger partial charge on any atom is 0.330 e. The Labute approximate surface area is 140 Å². The van der Waals surface area contributed by atoms with Crippen molar-refractivity contribution in [3.05, 3.63) is 35.5 Å². The highest BCUT2D eigenvalue weighted by Gasteiger charge is 1.95. The van der Waals surface area contributed by atoms with E-state index in [0.29, 0.717) is 23.3 Å². The lowest BCUT2D eigenvalue weighted by Crippen LogP contribution is -1.94. The van der Waals surface area contributed by atoms with Crippen molar-refractivity contribution in [3.8, 4) is 0 Å². The van der Waals surface area contributed by atoms with Gasteiger partial charge in [-0.2, -0.15) is 0 Å². The molecule has 0 aliphatic rings. The molecular weight excluding hydrogens is 320 g/mol. The summed E-state index contributed by atoms with van der Waals surface area (Å²) in [7, 11) is 0. The van der Waals surface area contributed by atoms with Crippen LogP contribution >= 0.6 is 0 Å². The molecular formula is C16H24O8. The Morgan fingerprint density at radius 3 is 1.00 bits per heavy atom. The number of aliphatic carboxylic acids is 4. The maximum absolute atomic E-state index is 10.0. The van der Waals surface area contributed by atoms with E-state index >= 15 is 0 Å². The summed E-state index contributed by atoms with van der Waals surface area (Å²) in [5.74, 6) is -4.17. The Kier molecular flexibility index (Phi) is 17.9. The first-order chi connectivity index (χ1) is 11.0. The summed E-state index contributed by atoms with van der Waals surface area (Å²) >= 11 is 0. The van der Waals surface area contributed by atoms with E-state index in [1.165, 1.54) is 0 Å². The van der Waals surface area contributed by atoms with Gasteiger partial charge in [-0.15, -0.1) is 0 Å². The highest BCUT2D eigenvalue weighted by molar-refractivity contribution is 5.89. The molecule has 0 unspecified atom stereocenters. The van der Waals surface area contributed by atoms with Gasteiger partial charge in [-0.05, 0) is 26.7 Å². The average Bonchev–Trinajstić information content (AvgIpc) is 2.46. The van der Waals surface area contributed by atoms with Crippen molar-refractivity contribution in [2.24, 2.45) is 0 Å². The van der Waals surface area contributed by atoms with E-state index in [-0.39, 0.29) is 0 Å². The van der Waals surface area contributed by atoms with E-state index in [1.54, 1.807) is 26.0 Å². The number of rotatable bonds is 6. The molecule has 8 nitrogen and oxygen atoms in total. The van der Waals surface area contributed by atoms with Crippen molar-refractivity contribution in [2.75, 3.05) is 0 Å². The fraction of sp³-hybridized carbons (Fsp3) is 0.375. The molecule has 0 saturated heterocycles. The lowest BCUT2D eigenvalue weighted by Gasteiger charge is -1.87. The largest absolute Gasteiger partial charge is 0.478 e. The van der Waals surface area contributed by atoms with Crippen LogP contribution in [0, 0.1) is 0 Å². The van der Waals surface area contributed by atoms with E-state index in [2.05, 4.69) is 0 Å². The minimum absolute atomic E-state index is 0.424. The third kappa shape index (κ3) is 24.1. The van der Waals surface area contributed by atoms with Gasteiger partial charge in [0.15, 0.2) is 0 Å². The highest BCUT2D eigenvalue weighted by atomic mass is 16.4. The van der Waals surface area contributed by atoms with Crippen LogP contribution in [0.2, 0.25) is 0 Å². The molecule has 8 heteroatoms. The van der Waals surface area contributed by atoms with Crippen LogP contribution in [0.4, 0.5) is 0 Å². The minimum Gasteiger partial charge on any atom is -0.478 e. The molecule has 0 fully saturated rings. The molecule has 24 heavy (non-hydrogen) atoms. The summed E-state index contributed by atoms with van der Waals surface area (Å²) in [5, 5.41) is 32.1. The lowest BCUT2D eigenvalue weighted by molar-refractivity contribution is -0.134. The Hall–Kier alpha value is -2.90. The van der Waals surface area contributed by atoms with Crippen molar-refractivity contribution >= 4 is 23.9 Å². The molecule has 0 atom stereocenters. The molecule has 0 aromatic carbocycles. The molecule has 0 aliphatic heterocycles. The van der Waals surface area contributed by atoms with Gasteiger partial charge >= 0.3 is 23.9 Å². The number of hydrogen-bond acceptors (Lipinski definition) is 4. The van der Waals surface area contributed by atoms with Gasteiger partial charge in [-0.25, -0.2) is 19.2 Å². The van der Waals surface area contributed by atoms with Crippen molar-refractivity contribution in [2.45, 2.75) is 40.5 Å². The molecule has 0 rings (SSSR count). The average molecular weight is 344 g/mol. The van der Waals surface area contributed by atoms with E-state index in [0.717, 1.165) is 12.8 Å². The summed E-state index contributed by atoms with van der Waals surface area (Å²) in [6.07, 6.45) is 6.06. The van der Waals surface area contributed by atoms with E-state index in [1.807, 2.05) is 13.8 Å². The van der Waals surface area contributed by atoms with Crippen molar-refractivity contribution in [1.82, 2.24) is 0 Å². The molecule has 0 saturated carbocycles. The first-order valence-corrected chi connectivity index (χ1v) is 6.93. The molecule has 136 valence electrons. The Morgan fingerprint density at radius 2 is 0.917 bits per heavy atom. The fourth-order valence-electron chi connectivity index (χ4n) is 0.930. The van der Waals surface area contributed by atoms with Crippen LogP contribution < -0.4 is 0 Å². The van der Waals surface area contributed by atoms with Gasteiger partial charge < -0.3 is 20.4 Å². The predicted molar refractivity (Wildman–Crippen MR) is 87.8 cm³/mol. The molecule has 0 bridgehead atoms. The quantitative estimate of drug-likeness (QED) is 0.537. The lowest BCUT2D eigenvalue weighted by atomic mass is 10.2. The van der Waals surface area contributed by atoms with Crippen LogP contribution in [0.15, 0.2) is 35.5 Å². The first-order valence-electron chi connectivity index (χ1n) is 6.93. The Balaban J connectivity index is -0.000000276. The van der Waals surface area contributed by atoms with Gasteiger partial charge in [0.2, 0.25) is 0 Å². The molecule has 0 aromatic rings. The van der Waals surface area contributed by atoms with E-state index in [4.69, 9.17) is 20.4 Å². The third-order valence-corrected chi connectivity index (χ3v) is 2.06. The smallest absolute Gasteiger partial charge is 0.330 e. The van der Waals surface area contributed by atoms with E-state index in [9.17, 15) is 19.2 Å². The molecule has 0 spiro atoms. The summed E-state index contributed by atoms with van der Waals surface area (Å²) in [5.41, 5.74) is 0.847. The van der Waals surface area contributed by atoms with Gasteiger partial charge in [0.05, 0.1) is 0 Å². The standard InChI is InChI=1S/2C6H10O2.C4H4O4/c2*1-3-4-5(2)6(7)8;5-3(6)1-2-4(7)8/h2*4H,3H2,1-2H3,(H,7,8);1-2H,(H,5,6)(H,7,8)/b2*5-4+;2-1+. The number of hydrogen-bond donors (Lipinski definition) is 4. The normalized spacial score (nSPS) is 10.8. The van der Waals surface area contributed by atoms with Crippen LogP contribution in [0.25, 0.3) is 0 Å². The number of carboxylic acids is 4. The van der Waals surface area contributed by atoms with Gasteiger partial charge in [0.1, 0.15) is 0 Å². The predicted octanol–water partition coefficient (Wildman–Crippen LogP) is 2.57. The molecule has 0 radical (unpaired) electrons. The van der Waals surface area contributed by atoms with Crippen LogP contribution in [0.1, 0.15) is 40.5 Å². The van der Waals surface area contributed by atoms with Crippen molar-refractivity contribution < 1.29 is 39.6 Å². The Morgan fingerprint density at radius 1 is 0.667 bits per heavy atom. The van der Waals surface area contributed by atoms with Gasteiger partial charge in [-0.3, -0.25) is 0 Å². The van der Waals surface area contributed by atoms with Gasteiger partial charge in [0, 0.05) is 23.3 Å². The van der Waals surface area contributed by atoms with Crippen LogP contribution in [0.3, 0.4) is 0 Å². The first kappa shape index (κ1) is 26.0. The highest BCUT2D eigenvalue weighted by Crippen LogP contribution is 1.93. The summed E-state index contributed by atoms with van der Waals surface area (Å²) in [6, 6.07) is 0. The molecule has 0 amide bonds. The summed E-state index contributed by atoms with van der Waals surface area (Å²) in [6.45, 7) is 7.00. The second-order valence-corrected chi connectivity index (χ2v) is 4.21. The maximum atomic E-state index is 10.0. The van der Waals surface area contributed by atoms with Gasteiger partial charge in [0.25, 0.3) is 0 Å². The second kappa shape index (κ2) is 16.5. The monoisotopic (exact) mass is 344 g/mol. The second-order valence-electron chi connectivity index (χ2n) is 4.21. The van der Waals surface area contributed by atoms with Gasteiger partial charge in [-0.1, -0.05) is 26.0 Å². The van der Waals surface area contributed by atoms with Crippen molar-refractivity contribution in [3.63, 3.8) is 0 Å². The van der Waals surface area contributed by atoms with Crippen molar-refractivity contribution in [1.29, 1.82) is 0 Å². The van der Waals surface area contributed by atoms with E-state index < -0.39 is 23.9 Å². The Bertz CT molecular complexity index is 466. The molecule has 0 aromatic heterocycles. The zero-order chi connectivity index (χ0) is 19.7. The zero-order valence-corrected chi connectivity index (χ0v) is 14.1. The molecule has 0 heterocycles. The topological polar surface area (TPSA) is 149 Å². The van der Waals surface area contributed by atoms with Crippen LogP contribution in [-0.4, -0.2) is 44.3 Å². The molecule has 0 aliphatic carbocycles. The number of carboxylic acid groups (broad SMARTS) is 4. The number of allylic oxidation sites excluding steroid dienone is 2. The fourth-order valence-corrected chi connectivity index (χ4v) is 0.930. The third-order valence-electron chi connectivity index (χ3n) is 2.06. The van der Waals surface area contributed by atoms with Crippen LogP contribution in [-0.2, 0) is 19.2 Å². The number of carbonyl (C=O) groups is 4. The SMILES string of the molecule is CC/C=C(\C)C(=O)O.CC/C=C(\C)C(=O)O.O=C(O)/C=C/C(=O)O. The summed E-state index contributed by atoms with van der Waals surface area (Å²) in [4.78, 5) is 39.1. The van der Waals surface area contributed by atoms with Crippen LogP contribution in [0.5, 0.6) is 0 Å².